The summed E-state index contributed by atoms with van der Waals surface area (Å²) in [4.78, 5) is 17.7. The standard InChI is InChI=1S/C18H17N3OS/c1-21-12-11-19-18(21)17(14-6-3-2-4-7-14)20-16(22)10-9-15-8-5-13-23-15/h2-13,17H,1H3,(H,20,22)/b10-9+. The van der Waals surface area contributed by atoms with Crippen LogP contribution in [0.2, 0.25) is 0 Å². The number of hydrogen-bond acceptors (Lipinski definition) is 3. The summed E-state index contributed by atoms with van der Waals surface area (Å²) in [5, 5.41) is 5.02. The van der Waals surface area contributed by atoms with Crippen LogP contribution in [0.4, 0.5) is 0 Å². The van der Waals surface area contributed by atoms with E-state index in [9.17, 15) is 4.79 Å². The molecule has 0 bridgehead atoms. The molecule has 116 valence electrons. The minimum Gasteiger partial charge on any atom is -0.339 e. The normalized spacial score (nSPS) is 12.4. The molecule has 23 heavy (non-hydrogen) atoms. The van der Waals surface area contributed by atoms with E-state index in [4.69, 9.17) is 0 Å². The lowest BCUT2D eigenvalue weighted by atomic mass is 10.1. The lowest BCUT2D eigenvalue weighted by Crippen LogP contribution is -2.29. The van der Waals surface area contributed by atoms with Gasteiger partial charge in [-0.05, 0) is 23.1 Å². The van der Waals surface area contributed by atoms with Crippen molar-refractivity contribution in [2.75, 3.05) is 0 Å². The van der Waals surface area contributed by atoms with E-state index in [-0.39, 0.29) is 11.9 Å². The van der Waals surface area contributed by atoms with E-state index < -0.39 is 0 Å². The van der Waals surface area contributed by atoms with E-state index in [0.29, 0.717) is 0 Å². The second-order valence-corrected chi connectivity index (χ2v) is 6.08. The van der Waals surface area contributed by atoms with Crippen LogP contribution < -0.4 is 5.32 Å². The lowest BCUT2D eigenvalue weighted by molar-refractivity contribution is -0.117. The molecular weight excluding hydrogens is 306 g/mol. The Kier molecular flexibility index (Phi) is 4.68. The first-order chi connectivity index (χ1) is 11.2. The fourth-order valence-electron chi connectivity index (χ4n) is 2.33. The maximum Gasteiger partial charge on any atom is 0.244 e. The predicted molar refractivity (Wildman–Crippen MR) is 93.0 cm³/mol. The fourth-order valence-corrected chi connectivity index (χ4v) is 2.95. The van der Waals surface area contributed by atoms with Gasteiger partial charge >= 0.3 is 0 Å². The molecule has 0 radical (unpaired) electrons. The summed E-state index contributed by atoms with van der Waals surface area (Å²) in [5.41, 5.74) is 1.000. The highest BCUT2D eigenvalue weighted by Crippen LogP contribution is 2.20. The van der Waals surface area contributed by atoms with E-state index in [0.717, 1.165) is 16.3 Å². The molecule has 2 aromatic heterocycles. The molecule has 1 amide bonds. The first-order valence-corrected chi connectivity index (χ1v) is 8.16. The Bertz CT molecular complexity index is 791. The number of aryl methyl sites for hydroxylation is 1. The van der Waals surface area contributed by atoms with Crippen molar-refractivity contribution in [3.05, 3.63) is 82.6 Å². The zero-order chi connectivity index (χ0) is 16.1. The topological polar surface area (TPSA) is 46.9 Å². The van der Waals surface area contributed by atoms with E-state index >= 15 is 0 Å². The molecule has 4 nitrogen and oxygen atoms in total. The van der Waals surface area contributed by atoms with Crippen LogP contribution in [-0.2, 0) is 11.8 Å². The fraction of sp³-hybridized carbons (Fsp3) is 0.111. The van der Waals surface area contributed by atoms with Gasteiger partial charge in [-0.15, -0.1) is 11.3 Å². The number of rotatable bonds is 5. The highest BCUT2D eigenvalue weighted by atomic mass is 32.1. The SMILES string of the molecule is Cn1ccnc1C(NC(=O)/C=C/c1cccs1)c1ccccc1. The van der Waals surface area contributed by atoms with Gasteiger partial charge in [-0.2, -0.15) is 0 Å². The van der Waals surface area contributed by atoms with Crippen molar-refractivity contribution in [1.29, 1.82) is 0 Å². The summed E-state index contributed by atoms with van der Waals surface area (Å²) in [6, 6.07) is 13.5. The molecule has 0 fully saturated rings. The molecule has 1 aromatic carbocycles. The van der Waals surface area contributed by atoms with Gasteiger partial charge in [-0.25, -0.2) is 4.98 Å². The van der Waals surface area contributed by atoms with E-state index in [2.05, 4.69) is 10.3 Å². The van der Waals surface area contributed by atoms with Crippen LogP contribution in [-0.4, -0.2) is 15.5 Å². The number of carbonyl (C=O) groups excluding carboxylic acids is 1. The number of aromatic nitrogens is 2. The van der Waals surface area contributed by atoms with Crippen molar-refractivity contribution in [1.82, 2.24) is 14.9 Å². The molecule has 1 N–H and O–H groups in total. The van der Waals surface area contributed by atoms with Gasteiger partial charge in [-0.3, -0.25) is 4.79 Å². The second-order valence-electron chi connectivity index (χ2n) is 5.10. The van der Waals surface area contributed by atoms with E-state index in [1.54, 1.807) is 23.6 Å². The highest BCUT2D eigenvalue weighted by molar-refractivity contribution is 7.10. The summed E-state index contributed by atoms with van der Waals surface area (Å²) in [6.45, 7) is 0. The minimum atomic E-state index is -0.281. The quantitative estimate of drug-likeness (QED) is 0.732. The molecular formula is C18H17N3OS. The largest absolute Gasteiger partial charge is 0.339 e. The van der Waals surface area contributed by atoms with Crippen LogP contribution in [0.15, 0.2) is 66.3 Å². The number of thiophene rings is 1. The average molecular weight is 323 g/mol. The number of nitrogens with zero attached hydrogens (tertiary/aromatic N) is 2. The van der Waals surface area contributed by atoms with Gasteiger partial charge in [0.05, 0.1) is 0 Å². The molecule has 0 aliphatic rings. The second kappa shape index (κ2) is 7.07. The van der Waals surface area contributed by atoms with Crippen molar-refractivity contribution in [2.24, 2.45) is 7.05 Å². The van der Waals surface area contributed by atoms with Gasteiger partial charge in [-0.1, -0.05) is 36.4 Å². The predicted octanol–water partition coefficient (Wildman–Crippen LogP) is 3.40. The third-order valence-corrected chi connectivity index (χ3v) is 4.32. The van der Waals surface area contributed by atoms with Gasteiger partial charge < -0.3 is 9.88 Å². The van der Waals surface area contributed by atoms with Crippen molar-refractivity contribution in [2.45, 2.75) is 6.04 Å². The number of nitrogens with one attached hydrogen (secondary N) is 1. The van der Waals surface area contributed by atoms with Gasteiger partial charge in [0.1, 0.15) is 11.9 Å². The number of hydrogen-bond donors (Lipinski definition) is 1. The Morgan fingerprint density at radius 2 is 2.09 bits per heavy atom. The number of amides is 1. The zero-order valence-electron chi connectivity index (χ0n) is 12.7. The number of imidazole rings is 1. The molecule has 5 heteroatoms. The van der Waals surface area contributed by atoms with Gasteiger partial charge in [0.2, 0.25) is 5.91 Å². The monoisotopic (exact) mass is 323 g/mol. The van der Waals surface area contributed by atoms with E-state index in [1.165, 1.54) is 0 Å². The van der Waals surface area contributed by atoms with Crippen LogP contribution in [0.5, 0.6) is 0 Å². The van der Waals surface area contributed by atoms with Crippen LogP contribution in [0.3, 0.4) is 0 Å². The van der Waals surface area contributed by atoms with Crippen LogP contribution >= 0.6 is 11.3 Å². The Morgan fingerprint density at radius 3 is 2.74 bits per heavy atom. The Morgan fingerprint density at radius 1 is 1.26 bits per heavy atom. The van der Waals surface area contributed by atoms with Gasteiger partial charge in [0.15, 0.2) is 0 Å². The molecule has 3 aromatic rings. The molecule has 1 atom stereocenters. The van der Waals surface area contributed by atoms with Gasteiger partial charge in [0, 0.05) is 30.4 Å². The summed E-state index contributed by atoms with van der Waals surface area (Å²) < 4.78 is 1.92. The van der Waals surface area contributed by atoms with Gasteiger partial charge in [0.25, 0.3) is 0 Å². The Labute approximate surface area is 139 Å². The molecule has 2 heterocycles. The van der Waals surface area contributed by atoms with Crippen molar-refractivity contribution in [3.63, 3.8) is 0 Å². The number of carbonyl (C=O) groups is 1. The maximum atomic E-state index is 12.3. The summed E-state index contributed by atoms with van der Waals surface area (Å²) in [6.07, 6.45) is 6.99. The van der Waals surface area contributed by atoms with Crippen molar-refractivity contribution < 1.29 is 4.79 Å². The molecule has 0 spiro atoms. The van der Waals surface area contributed by atoms with Crippen LogP contribution in [0.1, 0.15) is 22.3 Å². The summed E-state index contributed by atoms with van der Waals surface area (Å²) in [7, 11) is 1.92. The first kappa shape index (κ1) is 15.2. The van der Waals surface area contributed by atoms with Crippen molar-refractivity contribution >= 4 is 23.3 Å². The first-order valence-electron chi connectivity index (χ1n) is 7.28. The summed E-state index contributed by atoms with van der Waals surface area (Å²) in [5.74, 6) is 0.657. The summed E-state index contributed by atoms with van der Waals surface area (Å²) >= 11 is 1.60. The molecule has 1 unspecified atom stereocenters. The average Bonchev–Trinajstić information content (AvgIpc) is 3.23. The third kappa shape index (κ3) is 3.76. The van der Waals surface area contributed by atoms with Crippen LogP contribution in [0, 0.1) is 0 Å². The smallest absolute Gasteiger partial charge is 0.244 e. The Hall–Kier alpha value is -2.66. The zero-order valence-corrected chi connectivity index (χ0v) is 13.5. The maximum absolute atomic E-state index is 12.3. The minimum absolute atomic E-state index is 0.143. The molecule has 0 saturated heterocycles. The third-order valence-electron chi connectivity index (χ3n) is 3.48. The van der Waals surface area contributed by atoms with Crippen LogP contribution in [0.25, 0.3) is 6.08 Å². The molecule has 0 saturated carbocycles. The molecule has 3 rings (SSSR count). The number of benzene rings is 1. The highest BCUT2D eigenvalue weighted by Gasteiger charge is 2.19. The molecule has 0 aliphatic carbocycles. The van der Waals surface area contributed by atoms with Crippen molar-refractivity contribution in [3.8, 4) is 0 Å². The molecule has 0 aliphatic heterocycles. The van der Waals surface area contributed by atoms with E-state index in [1.807, 2.05) is 71.7 Å². The Balaban J connectivity index is 1.82. The lowest BCUT2D eigenvalue weighted by Gasteiger charge is -2.18.